The summed E-state index contributed by atoms with van der Waals surface area (Å²) in [6.45, 7) is 4.33. The van der Waals surface area contributed by atoms with Crippen molar-refractivity contribution < 1.29 is 29.0 Å². The van der Waals surface area contributed by atoms with E-state index in [1.807, 2.05) is 38.1 Å². The number of rotatable bonds is 10. The molecule has 0 aliphatic carbocycles. The number of carboxylic acid groups (broad SMARTS) is 1. The number of nitrogens with one attached hydrogen (secondary N) is 1. The van der Waals surface area contributed by atoms with Crippen LogP contribution >= 0.6 is 11.8 Å². The Morgan fingerprint density at radius 3 is 2.66 bits per heavy atom. The number of aliphatic carboxylic acids is 1. The first-order valence-electron chi connectivity index (χ1n) is 9.10. The van der Waals surface area contributed by atoms with Gasteiger partial charge in [-0.25, -0.2) is 4.79 Å². The van der Waals surface area contributed by atoms with E-state index in [1.165, 1.54) is 18.9 Å². The van der Waals surface area contributed by atoms with E-state index in [-0.39, 0.29) is 18.6 Å². The van der Waals surface area contributed by atoms with Gasteiger partial charge in [0.1, 0.15) is 11.8 Å². The van der Waals surface area contributed by atoms with Crippen LogP contribution < -0.4 is 10.1 Å². The van der Waals surface area contributed by atoms with Crippen LogP contribution in [-0.2, 0) is 19.1 Å². The molecule has 0 bridgehead atoms. The maximum Gasteiger partial charge on any atom is 0.329 e. The molecule has 1 atom stereocenters. The third kappa shape index (κ3) is 6.63. The Balaban J connectivity index is 2.19. The number of aromatic nitrogens is 1. The lowest BCUT2D eigenvalue weighted by Crippen LogP contribution is -2.43. The average Bonchev–Trinajstić information content (AvgIpc) is 2.69. The Kier molecular flexibility index (Phi) is 8.26. The lowest BCUT2D eigenvalue weighted by atomic mass is 10.2. The topological polar surface area (TPSA) is 115 Å². The molecule has 0 spiro atoms. The molecule has 0 unspecified atom stereocenters. The fraction of sp³-hybridized carbons (Fsp3) is 0.400. The quantitative estimate of drug-likeness (QED) is 0.445. The zero-order chi connectivity index (χ0) is 21.4. The van der Waals surface area contributed by atoms with E-state index >= 15 is 0 Å². The van der Waals surface area contributed by atoms with Gasteiger partial charge in [-0.1, -0.05) is 0 Å². The molecule has 1 heterocycles. The minimum atomic E-state index is -1.08. The van der Waals surface area contributed by atoms with Gasteiger partial charge < -0.3 is 19.9 Å². The minimum Gasteiger partial charge on any atom is -0.494 e. The van der Waals surface area contributed by atoms with E-state index in [2.05, 4.69) is 10.3 Å². The average molecular weight is 420 g/mol. The van der Waals surface area contributed by atoms with Gasteiger partial charge in [0.05, 0.1) is 25.7 Å². The predicted molar refractivity (Wildman–Crippen MR) is 109 cm³/mol. The minimum absolute atomic E-state index is 0.206. The molecule has 0 saturated carbocycles. The Bertz CT molecular complexity index is 902. The number of hydrogen-bond acceptors (Lipinski definition) is 7. The molecular weight excluding hydrogens is 396 g/mol. The molecule has 1 aromatic heterocycles. The molecule has 1 amide bonds. The fourth-order valence-electron chi connectivity index (χ4n) is 2.65. The van der Waals surface area contributed by atoms with Gasteiger partial charge in [0.2, 0.25) is 5.91 Å². The van der Waals surface area contributed by atoms with Crippen molar-refractivity contribution in [2.75, 3.05) is 19.5 Å². The number of carbonyl (C=O) groups is 3. The number of thioether (sulfide) groups is 1. The van der Waals surface area contributed by atoms with Crippen molar-refractivity contribution in [3.8, 4) is 5.75 Å². The second-order valence-electron chi connectivity index (χ2n) is 6.22. The molecule has 2 N–H and O–H groups in total. The summed E-state index contributed by atoms with van der Waals surface area (Å²) < 4.78 is 10.3. The number of methoxy groups -OCH3 is 1. The van der Waals surface area contributed by atoms with Crippen LogP contribution in [0.25, 0.3) is 10.9 Å². The number of pyridine rings is 1. The van der Waals surface area contributed by atoms with E-state index in [1.54, 1.807) is 0 Å². The molecule has 156 valence electrons. The van der Waals surface area contributed by atoms with Gasteiger partial charge >= 0.3 is 11.9 Å². The van der Waals surface area contributed by atoms with Gasteiger partial charge in [-0.2, -0.15) is 0 Å². The number of carboxylic acids is 1. The van der Waals surface area contributed by atoms with Crippen LogP contribution in [0, 0.1) is 6.92 Å². The Hall–Kier alpha value is -2.81. The number of esters is 1. The number of amides is 1. The molecule has 8 nitrogen and oxygen atoms in total. The molecule has 2 rings (SSSR count). The third-order valence-corrected chi connectivity index (χ3v) is 5.12. The molecular formula is C20H24N2O6S. The molecule has 0 aliphatic heterocycles. The normalized spacial score (nSPS) is 11.7. The first-order valence-corrected chi connectivity index (χ1v) is 10.1. The second-order valence-corrected chi connectivity index (χ2v) is 7.28. The van der Waals surface area contributed by atoms with Gasteiger partial charge in [0.15, 0.2) is 0 Å². The van der Waals surface area contributed by atoms with Crippen molar-refractivity contribution >= 4 is 40.5 Å². The molecule has 0 fully saturated rings. The Labute approximate surface area is 173 Å². The zero-order valence-corrected chi connectivity index (χ0v) is 17.4. The van der Waals surface area contributed by atoms with Crippen LogP contribution in [0.3, 0.4) is 0 Å². The van der Waals surface area contributed by atoms with E-state index in [0.29, 0.717) is 6.61 Å². The highest BCUT2D eigenvalue weighted by Crippen LogP contribution is 2.31. The van der Waals surface area contributed by atoms with E-state index in [0.717, 1.165) is 27.2 Å². The van der Waals surface area contributed by atoms with Crippen molar-refractivity contribution in [2.45, 2.75) is 37.6 Å². The molecule has 9 heteroatoms. The number of carbonyl (C=O) groups excluding carboxylic acids is 2. The summed E-state index contributed by atoms with van der Waals surface area (Å²) in [5.41, 5.74) is 1.63. The first-order chi connectivity index (χ1) is 13.8. The maximum absolute atomic E-state index is 12.1. The summed E-state index contributed by atoms with van der Waals surface area (Å²) in [4.78, 5) is 40.1. The predicted octanol–water partition coefficient (Wildman–Crippen LogP) is 2.56. The van der Waals surface area contributed by atoms with Gasteiger partial charge in [0.25, 0.3) is 0 Å². The van der Waals surface area contributed by atoms with Crippen LogP contribution in [0.5, 0.6) is 5.75 Å². The maximum atomic E-state index is 12.1. The number of ether oxygens (including phenoxy) is 2. The van der Waals surface area contributed by atoms with E-state index in [4.69, 9.17) is 14.6 Å². The number of nitrogens with zero attached hydrogens (tertiary/aromatic N) is 1. The zero-order valence-electron chi connectivity index (χ0n) is 16.6. The van der Waals surface area contributed by atoms with Crippen molar-refractivity contribution in [3.63, 3.8) is 0 Å². The summed E-state index contributed by atoms with van der Waals surface area (Å²) >= 11 is 1.38. The van der Waals surface area contributed by atoms with Gasteiger partial charge in [0, 0.05) is 28.1 Å². The van der Waals surface area contributed by atoms with Gasteiger partial charge in [-0.05, 0) is 38.1 Å². The summed E-state index contributed by atoms with van der Waals surface area (Å²) in [6.07, 6.45) is -0.510. The fourth-order valence-corrected chi connectivity index (χ4v) is 3.79. The molecule has 1 aromatic carbocycles. The second kappa shape index (κ2) is 10.7. The van der Waals surface area contributed by atoms with Crippen molar-refractivity contribution in [2.24, 2.45) is 0 Å². The molecule has 0 saturated heterocycles. The molecule has 2 aromatic rings. The largest absolute Gasteiger partial charge is 0.494 e. The molecule has 0 aliphatic rings. The van der Waals surface area contributed by atoms with E-state index < -0.39 is 23.9 Å². The SMILES string of the molecule is CCOc1ccc2nc(C)cc(SC[C@H](NC(=O)CCC(=O)O)C(=O)OC)c2c1. The van der Waals surface area contributed by atoms with Crippen LogP contribution in [0.1, 0.15) is 25.5 Å². The Morgan fingerprint density at radius 2 is 2.00 bits per heavy atom. The number of aryl methyl sites for hydroxylation is 1. The number of hydrogen-bond donors (Lipinski definition) is 2. The number of fused-ring (bicyclic) bond motifs is 1. The summed E-state index contributed by atoms with van der Waals surface area (Å²) in [5.74, 6) is -1.24. The molecule has 0 radical (unpaired) electrons. The van der Waals surface area contributed by atoms with E-state index in [9.17, 15) is 14.4 Å². The standard InChI is InChI=1S/C20H24N2O6S/c1-4-28-13-5-6-15-14(10-13)17(9-12(2)21-15)29-11-16(20(26)27-3)22-18(23)7-8-19(24)25/h5-6,9-10,16H,4,7-8,11H2,1-3H3,(H,22,23)(H,24,25)/t16-/m0/s1. The Morgan fingerprint density at radius 1 is 1.24 bits per heavy atom. The number of benzene rings is 1. The first kappa shape index (κ1) is 22.5. The van der Waals surface area contributed by atoms with Crippen LogP contribution in [0.2, 0.25) is 0 Å². The smallest absolute Gasteiger partial charge is 0.329 e. The van der Waals surface area contributed by atoms with Crippen LogP contribution in [-0.4, -0.2) is 53.4 Å². The lowest BCUT2D eigenvalue weighted by Gasteiger charge is -2.17. The van der Waals surface area contributed by atoms with Crippen LogP contribution in [0.4, 0.5) is 0 Å². The van der Waals surface area contributed by atoms with Crippen molar-refractivity contribution in [1.29, 1.82) is 0 Å². The molecule has 29 heavy (non-hydrogen) atoms. The van der Waals surface area contributed by atoms with Gasteiger partial charge in [-0.15, -0.1) is 11.8 Å². The summed E-state index contributed by atoms with van der Waals surface area (Å²) in [5, 5.41) is 12.1. The highest BCUT2D eigenvalue weighted by atomic mass is 32.2. The lowest BCUT2D eigenvalue weighted by molar-refractivity contribution is -0.144. The highest BCUT2D eigenvalue weighted by molar-refractivity contribution is 7.99. The summed E-state index contributed by atoms with van der Waals surface area (Å²) in [6, 6.07) is 6.63. The van der Waals surface area contributed by atoms with Crippen molar-refractivity contribution in [1.82, 2.24) is 10.3 Å². The highest BCUT2D eigenvalue weighted by Gasteiger charge is 2.22. The monoisotopic (exact) mass is 420 g/mol. The third-order valence-electron chi connectivity index (χ3n) is 3.97. The summed E-state index contributed by atoms with van der Waals surface area (Å²) in [7, 11) is 1.24. The van der Waals surface area contributed by atoms with Crippen molar-refractivity contribution in [3.05, 3.63) is 30.0 Å². The van der Waals surface area contributed by atoms with Crippen LogP contribution in [0.15, 0.2) is 29.2 Å². The van der Waals surface area contributed by atoms with Gasteiger partial charge in [-0.3, -0.25) is 14.6 Å².